The molecule has 8 heavy (non-hydrogen) atoms. The molecule has 0 atom stereocenters. The van der Waals surface area contributed by atoms with Crippen molar-refractivity contribution in [3.8, 4) is 0 Å². The van der Waals surface area contributed by atoms with E-state index in [1.54, 1.807) is 0 Å². The van der Waals surface area contributed by atoms with Crippen molar-refractivity contribution < 1.29 is 19.2 Å². The van der Waals surface area contributed by atoms with Gasteiger partial charge in [-0.05, 0) is 0 Å². The van der Waals surface area contributed by atoms with Crippen molar-refractivity contribution in [3.63, 3.8) is 0 Å². The Bertz CT molecular complexity index is 60.2. The van der Waals surface area contributed by atoms with Crippen LogP contribution in [0.2, 0.25) is 0 Å². The molecule has 0 aromatic carbocycles. The summed E-state index contributed by atoms with van der Waals surface area (Å²) in [4.78, 5) is 21.6. The van der Waals surface area contributed by atoms with E-state index in [1.807, 2.05) is 0 Å². The van der Waals surface area contributed by atoms with E-state index in [0.29, 0.717) is 0 Å². The second-order valence-electron chi connectivity index (χ2n) is 0.513. The molecule has 0 saturated heterocycles. The molecule has 38 valence electrons. The Kier molecular flexibility index (Phi) is 32.5. The van der Waals surface area contributed by atoms with Crippen LogP contribution in [-0.2, 0) is 4.57 Å². The molecule has 8 heteroatoms. The Morgan fingerprint density at radius 2 is 1.00 bits per heavy atom. The molecule has 0 amide bonds. The summed E-state index contributed by atoms with van der Waals surface area (Å²) < 4.78 is 8.88. The first-order valence-electron chi connectivity index (χ1n) is 0.783. The maximum absolute atomic E-state index is 8.88. The number of phosphoric acid groups is 1. The molecule has 0 aliphatic heterocycles. The molecule has 0 aliphatic rings. The third-order valence-electron chi connectivity index (χ3n) is 0. The Morgan fingerprint density at radius 1 is 1.00 bits per heavy atom. The van der Waals surface area contributed by atoms with Crippen LogP contribution in [0.1, 0.15) is 0 Å². The molecule has 0 aromatic heterocycles. The molecule has 0 unspecified atom stereocenters. The van der Waals surface area contributed by atoms with Crippen LogP contribution < -0.4 is 0 Å². The molecule has 0 aliphatic carbocycles. The van der Waals surface area contributed by atoms with Crippen LogP contribution in [0.3, 0.4) is 0 Å². The summed E-state index contributed by atoms with van der Waals surface area (Å²) in [6.45, 7) is 0. The molecular weight excluding hydrogens is 196 g/mol. The topological polar surface area (TPSA) is 77.8 Å². The van der Waals surface area contributed by atoms with Gasteiger partial charge in [0.2, 0.25) is 0 Å². The van der Waals surface area contributed by atoms with E-state index < -0.39 is 7.82 Å². The van der Waals surface area contributed by atoms with Crippen molar-refractivity contribution in [1.82, 2.24) is 0 Å². The van der Waals surface area contributed by atoms with Gasteiger partial charge in [0.25, 0.3) is 0 Å². The first-order valence-corrected chi connectivity index (χ1v) is 2.35. The van der Waals surface area contributed by atoms with E-state index in [0.717, 1.165) is 0 Å². The molecular formula is H6K2NaO4P. The molecule has 0 fully saturated rings. The van der Waals surface area contributed by atoms with E-state index >= 15 is 0 Å². The van der Waals surface area contributed by atoms with Gasteiger partial charge in [-0.3, -0.25) is 0 Å². The van der Waals surface area contributed by atoms with E-state index in [2.05, 4.69) is 0 Å². The molecule has 0 bridgehead atoms. The van der Waals surface area contributed by atoms with E-state index in [-0.39, 0.29) is 132 Å². The molecule has 0 radical (unpaired) electrons. The predicted octanol–water partition coefficient (Wildman–Crippen LogP) is -2.87. The Morgan fingerprint density at radius 3 is 1.00 bits per heavy atom. The molecule has 0 rings (SSSR count). The van der Waals surface area contributed by atoms with E-state index in [9.17, 15) is 0 Å². The van der Waals surface area contributed by atoms with Crippen LogP contribution in [0.25, 0.3) is 0 Å². The van der Waals surface area contributed by atoms with Gasteiger partial charge in [0.15, 0.2) is 0 Å². The Labute approximate surface area is 155 Å². The Hall–Kier alpha value is 4.38. The average Bonchev–Trinajstić information content (AvgIpc) is 0.722. The molecule has 0 aromatic rings. The number of hydrogen-bond acceptors (Lipinski definition) is 1. The summed E-state index contributed by atoms with van der Waals surface area (Å²) in [5, 5.41) is 0. The first kappa shape index (κ1) is 22.8. The van der Waals surface area contributed by atoms with Gasteiger partial charge in [-0.1, -0.05) is 0 Å². The van der Waals surface area contributed by atoms with Gasteiger partial charge >= 0.3 is 140 Å². The number of rotatable bonds is 0. The first-order chi connectivity index (χ1) is 2.00. The normalized spacial score (nSPS) is 7.38. The van der Waals surface area contributed by atoms with Gasteiger partial charge < -0.3 is 14.7 Å². The zero-order chi connectivity index (χ0) is 4.50. The van der Waals surface area contributed by atoms with Crippen LogP contribution in [-0.4, -0.2) is 147 Å². The van der Waals surface area contributed by atoms with Crippen LogP contribution in [0.5, 0.6) is 0 Å². The van der Waals surface area contributed by atoms with Crippen molar-refractivity contribution in [1.29, 1.82) is 0 Å². The zero-order valence-corrected chi connectivity index (χ0v) is 3.09. The molecule has 3 N–H and O–H groups in total. The minimum absolute atomic E-state index is 0. The maximum atomic E-state index is 8.88. The van der Waals surface area contributed by atoms with E-state index in [1.165, 1.54) is 0 Å². The van der Waals surface area contributed by atoms with Crippen LogP contribution in [0, 0.1) is 0 Å². The van der Waals surface area contributed by atoms with Crippen LogP contribution in [0.15, 0.2) is 0 Å². The van der Waals surface area contributed by atoms with Crippen molar-refractivity contribution >= 4 is 140 Å². The fourth-order valence-electron chi connectivity index (χ4n) is 0. The van der Waals surface area contributed by atoms with E-state index in [4.69, 9.17) is 19.2 Å². The standard InChI is InChI=1S/2K.Na.H3O4P.3H/c;;;1-5(2,3)4;;;/h;;;(H3,1,2,3,4);;;. The SMILES string of the molecule is O=P(O)(O)O.[KH].[KH].[NaH]. The summed E-state index contributed by atoms with van der Waals surface area (Å²) in [5.41, 5.74) is 0. The minimum atomic E-state index is -4.64. The van der Waals surface area contributed by atoms with Gasteiger partial charge in [-0.25, -0.2) is 4.57 Å². The van der Waals surface area contributed by atoms with Gasteiger partial charge in [-0.2, -0.15) is 0 Å². The summed E-state index contributed by atoms with van der Waals surface area (Å²) in [6.07, 6.45) is 0. The number of hydrogen-bond donors (Lipinski definition) is 3. The Balaban J connectivity index is -0.0000000267. The van der Waals surface area contributed by atoms with Crippen molar-refractivity contribution in [2.24, 2.45) is 0 Å². The molecule has 0 spiro atoms. The van der Waals surface area contributed by atoms with Gasteiger partial charge in [0.05, 0.1) is 0 Å². The summed E-state index contributed by atoms with van der Waals surface area (Å²) >= 11 is 0. The summed E-state index contributed by atoms with van der Waals surface area (Å²) in [7, 11) is -4.64. The van der Waals surface area contributed by atoms with Crippen molar-refractivity contribution in [2.45, 2.75) is 0 Å². The van der Waals surface area contributed by atoms with Gasteiger partial charge in [0.1, 0.15) is 0 Å². The monoisotopic (exact) mass is 202 g/mol. The third-order valence-corrected chi connectivity index (χ3v) is 0. The quantitative estimate of drug-likeness (QED) is 0.291. The fraction of sp³-hybridized carbons (Fsp3) is 0. The molecule has 0 saturated carbocycles. The molecule has 4 nitrogen and oxygen atoms in total. The van der Waals surface area contributed by atoms with Crippen molar-refractivity contribution in [2.75, 3.05) is 0 Å². The third kappa shape index (κ3) is 47.6. The zero-order valence-electron chi connectivity index (χ0n) is 2.20. The van der Waals surface area contributed by atoms with Crippen LogP contribution >= 0.6 is 7.82 Å². The second kappa shape index (κ2) is 11.4. The fourth-order valence-corrected chi connectivity index (χ4v) is 0. The average molecular weight is 202 g/mol. The second-order valence-corrected chi connectivity index (χ2v) is 1.54. The predicted molar refractivity (Wildman–Crippen MR) is 35.7 cm³/mol. The van der Waals surface area contributed by atoms with Crippen LogP contribution in [0.4, 0.5) is 0 Å². The molecule has 0 heterocycles. The summed E-state index contributed by atoms with van der Waals surface area (Å²) in [5.74, 6) is 0. The van der Waals surface area contributed by atoms with Gasteiger partial charge in [-0.15, -0.1) is 0 Å². The van der Waals surface area contributed by atoms with Gasteiger partial charge in [0, 0.05) is 0 Å². The van der Waals surface area contributed by atoms with Crippen molar-refractivity contribution in [3.05, 3.63) is 0 Å². The summed E-state index contributed by atoms with van der Waals surface area (Å²) in [6, 6.07) is 0.